The highest BCUT2D eigenvalue weighted by Gasteiger charge is 2.30. The van der Waals surface area contributed by atoms with E-state index in [2.05, 4.69) is 30.9 Å². The van der Waals surface area contributed by atoms with Gasteiger partial charge in [-0.05, 0) is 49.3 Å². The van der Waals surface area contributed by atoms with Gasteiger partial charge in [0.2, 0.25) is 10.0 Å². The minimum Gasteiger partial charge on any atom is -0.298 e. The largest absolute Gasteiger partial charge is 0.298 e. The molecule has 0 bridgehead atoms. The Balaban J connectivity index is 1.64. The van der Waals surface area contributed by atoms with Crippen LogP contribution in [0.2, 0.25) is 0 Å². The van der Waals surface area contributed by atoms with Crippen molar-refractivity contribution in [2.45, 2.75) is 33.2 Å². The van der Waals surface area contributed by atoms with Crippen molar-refractivity contribution >= 4 is 10.0 Å². The van der Waals surface area contributed by atoms with E-state index in [-0.39, 0.29) is 0 Å². The smallest absolute Gasteiger partial charge is 0.211 e. The van der Waals surface area contributed by atoms with Gasteiger partial charge in [0, 0.05) is 32.7 Å². The van der Waals surface area contributed by atoms with Crippen LogP contribution in [0.5, 0.6) is 0 Å². The molecule has 2 heterocycles. The Kier molecular flexibility index (Phi) is 4.32. The van der Waals surface area contributed by atoms with Crippen LogP contribution >= 0.6 is 0 Å². The van der Waals surface area contributed by atoms with Gasteiger partial charge in [-0.2, -0.15) is 0 Å². The number of aryl methyl sites for hydroxylation is 2. The minimum absolute atomic E-state index is 0.474. The van der Waals surface area contributed by atoms with Crippen LogP contribution in [0.1, 0.15) is 28.7 Å². The van der Waals surface area contributed by atoms with Gasteiger partial charge >= 0.3 is 0 Å². The van der Waals surface area contributed by atoms with Crippen LogP contribution < -0.4 is 0 Å². The van der Waals surface area contributed by atoms with Gasteiger partial charge in [0.15, 0.2) is 0 Å². The molecule has 1 atom stereocenters. The standard InChI is InChI=1S/C17H26N2O2S/c1-13-8-14(2)17-12-18(6-5-16(17)9-13)10-15-4-7-19(11-15)22(3,20)21/h8-9,15H,4-7,10-12H2,1-3H3/t15-/m0/s1. The summed E-state index contributed by atoms with van der Waals surface area (Å²) in [5.41, 5.74) is 5.72. The Hall–Kier alpha value is -0.910. The van der Waals surface area contributed by atoms with Gasteiger partial charge in [-0.1, -0.05) is 17.7 Å². The summed E-state index contributed by atoms with van der Waals surface area (Å²) in [7, 11) is -3.02. The molecule has 0 aromatic heterocycles. The lowest BCUT2D eigenvalue weighted by molar-refractivity contribution is 0.216. The second-order valence-corrected chi connectivity index (χ2v) is 8.96. The zero-order valence-electron chi connectivity index (χ0n) is 13.8. The van der Waals surface area contributed by atoms with Gasteiger partial charge in [-0.15, -0.1) is 0 Å². The quantitative estimate of drug-likeness (QED) is 0.854. The highest BCUT2D eigenvalue weighted by Crippen LogP contribution is 2.26. The molecule has 0 unspecified atom stereocenters. The van der Waals surface area contributed by atoms with Gasteiger partial charge in [-0.25, -0.2) is 12.7 Å². The number of rotatable bonds is 3. The average molecular weight is 322 g/mol. The zero-order valence-corrected chi connectivity index (χ0v) is 14.6. The number of hydrogen-bond donors (Lipinski definition) is 0. The van der Waals surface area contributed by atoms with E-state index in [1.807, 2.05) is 0 Å². The highest BCUT2D eigenvalue weighted by atomic mass is 32.2. The first-order valence-electron chi connectivity index (χ1n) is 8.09. The molecule has 22 heavy (non-hydrogen) atoms. The van der Waals surface area contributed by atoms with Crippen molar-refractivity contribution in [1.82, 2.24) is 9.21 Å². The SMILES string of the molecule is Cc1cc(C)c2c(c1)CCN(C[C@@H]1CCN(S(C)(=O)=O)C1)C2. The maximum atomic E-state index is 11.6. The fraction of sp³-hybridized carbons (Fsp3) is 0.647. The molecule has 0 spiro atoms. The molecule has 5 heteroatoms. The van der Waals surface area contributed by atoms with Crippen molar-refractivity contribution < 1.29 is 8.42 Å². The molecule has 0 amide bonds. The summed E-state index contributed by atoms with van der Waals surface area (Å²) in [4.78, 5) is 2.50. The molecular formula is C17H26N2O2S. The molecule has 3 rings (SSSR count). The van der Waals surface area contributed by atoms with Crippen molar-refractivity contribution in [1.29, 1.82) is 0 Å². The summed E-state index contributed by atoms with van der Waals surface area (Å²) >= 11 is 0. The highest BCUT2D eigenvalue weighted by molar-refractivity contribution is 7.88. The van der Waals surface area contributed by atoms with Gasteiger partial charge in [0.05, 0.1) is 6.26 Å². The van der Waals surface area contributed by atoms with E-state index < -0.39 is 10.0 Å². The van der Waals surface area contributed by atoms with E-state index in [0.717, 1.165) is 32.5 Å². The van der Waals surface area contributed by atoms with Gasteiger partial charge in [0.25, 0.3) is 0 Å². The summed E-state index contributed by atoms with van der Waals surface area (Å²) in [5.74, 6) is 0.474. The third-order valence-corrected chi connectivity index (χ3v) is 6.29. The molecule has 122 valence electrons. The van der Waals surface area contributed by atoms with Gasteiger partial charge in [-0.3, -0.25) is 4.90 Å². The first-order chi connectivity index (χ1) is 10.3. The van der Waals surface area contributed by atoms with E-state index in [4.69, 9.17) is 0 Å². The molecule has 0 N–H and O–H groups in total. The second kappa shape index (κ2) is 5.95. The molecule has 1 saturated heterocycles. The Morgan fingerprint density at radius 3 is 2.68 bits per heavy atom. The predicted octanol–water partition coefficient (Wildman–Crippen LogP) is 1.94. The first-order valence-corrected chi connectivity index (χ1v) is 9.94. The molecule has 1 fully saturated rings. The van der Waals surface area contributed by atoms with Crippen LogP contribution in [0.15, 0.2) is 12.1 Å². The zero-order chi connectivity index (χ0) is 15.9. The first kappa shape index (κ1) is 16.0. The van der Waals surface area contributed by atoms with Crippen LogP contribution in [0, 0.1) is 19.8 Å². The molecule has 2 aliphatic heterocycles. The lowest BCUT2D eigenvalue weighted by atomic mass is 9.93. The number of sulfonamides is 1. The van der Waals surface area contributed by atoms with E-state index in [1.54, 1.807) is 4.31 Å². The van der Waals surface area contributed by atoms with Crippen LogP contribution in [0.3, 0.4) is 0 Å². The Morgan fingerprint density at radius 2 is 2.00 bits per heavy atom. The van der Waals surface area contributed by atoms with Crippen LogP contribution in [-0.2, 0) is 23.0 Å². The van der Waals surface area contributed by atoms with Crippen LogP contribution in [-0.4, -0.2) is 50.1 Å². The molecule has 4 nitrogen and oxygen atoms in total. The number of fused-ring (bicyclic) bond motifs is 1. The van der Waals surface area contributed by atoms with Crippen LogP contribution in [0.4, 0.5) is 0 Å². The number of benzene rings is 1. The van der Waals surface area contributed by atoms with Crippen molar-refractivity contribution in [2.75, 3.05) is 32.4 Å². The maximum Gasteiger partial charge on any atom is 0.211 e. The van der Waals surface area contributed by atoms with Crippen molar-refractivity contribution in [3.05, 3.63) is 34.4 Å². The fourth-order valence-electron chi connectivity index (χ4n) is 3.88. The monoisotopic (exact) mass is 322 g/mol. The molecular weight excluding hydrogens is 296 g/mol. The predicted molar refractivity (Wildman–Crippen MR) is 89.4 cm³/mol. The average Bonchev–Trinajstić information content (AvgIpc) is 2.88. The molecule has 0 saturated carbocycles. The number of hydrogen-bond acceptors (Lipinski definition) is 3. The lowest BCUT2D eigenvalue weighted by Gasteiger charge is -2.32. The minimum atomic E-state index is -3.02. The van der Waals surface area contributed by atoms with E-state index in [0.29, 0.717) is 19.0 Å². The molecule has 0 aliphatic carbocycles. The normalized spacial score (nSPS) is 23.7. The maximum absolute atomic E-state index is 11.6. The molecule has 1 aromatic carbocycles. The molecule has 1 aromatic rings. The lowest BCUT2D eigenvalue weighted by Crippen LogP contribution is -2.36. The number of nitrogens with zero attached hydrogens (tertiary/aromatic N) is 2. The molecule has 2 aliphatic rings. The van der Waals surface area contributed by atoms with Gasteiger partial charge in [0.1, 0.15) is 0 Å². The van der Waals surface area contributed by atoms with E-state index >= 15 is 0 Å². The second-order valence-electron chi connectivity index (χ2n) is 6.98. The topological polar surface area (TPSA) is 40.6 Å². The van der Waals surface area contributed by atoms with Crippen molar-refractivity contribution in [2.24, 2.45) is 5.92 Å². The molecule has 0 radical (unpaired) electrons. The summed E-state index contributed by atoms with van der Waals surface area (Å²) in [6.07, 6.45) is 3.42. The Bertz CT molecular complexity index is 669. The third-order valence-electron chi connectivity index (χ3n) is 5.02. The summed E-state index contributed by atoms with van der Waals surface area (Å²) < 4.78 is 24.9. The third kappa shape index (κ3) is 3.36. The Labute approximate surface area is 134 Å². The fourth-order valence-corrected chi connectivity index (χ4v) is 4.80. The van der Waals surface area contributed by atoms with Crippen molar-refractivity contribution in [3.8, 4) is 0 Å². The van der Waals surface area contributed by atoms with E-state index in [9.17, 15) is 8.42 Å². The summed E-state index contributed by atoms with van der Waals surface area (Å²) in [5, 5.41) is 0. The van der Waals surface area contributed by atoms with E-state index in [1.165, 1.54) is 28.5 Å². The summed E-state index contributed by atoms with van der Waals surface area (Å²) in [6.45, 7) is 8.86. The van der Waals surface area contributed by atoms with Gasteiger partial charge < -0.3 is 0 Å². The Morgan fingerprint density at radius 1 is 1.23 bits per heavy atom. The van der Waals surface area contributed by atoms with Crippen molar-refractivity contribution in [3.63, 3.8) is 0 Å². The van der Waals surface area contributed by atoms with Crippen LogP contribution in [0.25, 0.3) is 0 Å². The summed E-state index contributed by atoms with van der Waals surface area (Å²) in [6, 6.07) is 4.59.